The molecule has 17 heavy (non-hydrogen) atoms. The van der Waals surface area contributed by atoms with Gasteiger partial charge in [-0.05, 0) is 24.8 Å². The fourth-order valence-electron chi connectivity index (χ4n) is 2.08. The Kier molecular flexibility index (Phi) is 3.96. The van der Waals surface area contributed by atoms with E-state index in [0.717, 1.165) is 6.61 Å². The average Bonchev–Trinajstić information content (AvgIpc) is 2.89. The third-order valence-corrected chi connectivity index (χ3v) is 3.10. The highest BCUT2D eigenvalue weighted by Crippen LogP contribution is 2.25. The molecule has 4 nitrogen and oxygen atoms in total. The molecule has 0 bridgehead atoms. The van der Waals surface area contributed by atoms with Gasteiger partial charge in [0.15, 0.2) is 0 Å². The molecule has 92 valence electrons. The zero-order chi connectivity index (χ0) is 12.1. The van der Waals surface area contributed by atoms with Gasteiger partial charge in [-0.25, -0.2) is 9.78 Å². The molecule has 0 unspecified atom stereocenters. The van der Waals surface area contributed by atoms with Crippen LogP contribution in [0.5, 0.6) is 5.88 Å². The maximum Gasteiger partial charge on any atom is 0.339 e. The topological polar surface area (TPSA) is 48.4 Å². The number of hydrogen-bond donors (Lipinski definition) is 0. The van der Waals surface area contributed by atoms with Crippen LogP contribution in [0.4, 0.5) is 0 Å². The normalized spacial score (nSPS) is 15.8. The summed E-state index contributed by atoms with van der Waals surface area (Å²) in [7, 11) is 1.35. The van der Waals surface area contributed by atoms with E-state index < -0.39 is 0 Å². The molecule has 0 saturated heterocycles. The Morgan fingerprint density at radius 3 is 2.76 bits per heavy atom. The van der Waals surface area contributed by atoms with Crippen molar-refractivity contribution >= 4 is 5.97 Å². The molecule has 1 fully saturated rings. The highest BCUT2D eigenvalue weighted by molar-refractivity contribution is 5.88. The lowest BCUT2D eigenvalue weighted by molar-refractivity contribution is 0.0600. The van der Waals surface area contributed by atoms with Gasteiger partial charge in [-0.15, -0.1) is 0 Å². The van der Waals surface area contributed by atoms with Crippen molar-refractivity contribution in [3.8, 4) is 5.88 Å². The number of hydrogen-bond acceptors (Lipinski definition) is 4. The molecule has 2 rings (SSSR count). The zero-order valence-electron chi connectivity index (χ0n) is 10.0. The molecule has 1 aliphatic carbocycles. The molecule has 0 amide bonds. The van der Waals surface area contributed by atoms with Gasteiger partial charge >= 0.3 is 5.97 Å². The fraction of sp³-hybridized carbons (Fsp3) is 0.538. The number of carbonyl (C=O) groups is 1. The van der Waals surface area contributed by atoms with Crippen LogP contribution in [-0.4, -0.2) is 24.7 Å². The largest absolute Gasteiger partial charge is 0.477 e. The lowest BCUT2D eigenvalue weighted by Crippen LogP contribution is -2.09. The Bertz CT molecular complexity index is 369. The van der Waals surface area contributed by atoms with Crippen LogP contribution in [-0.2, 0) is 4.74 Å². The molecule has 1 saturated carbocycles. The van der Waals surface area contributed by atoms with Gasteiger partial charge < -0.3 is 9.47 Å². The van der Waals surface area contributed by atoms with Crippen molar-refractivity contribution in [3.05, 3.63) is 23.9 Å². The van der Waals surface area contributed by atoms with E-state index in [2.05, 4.69) is 9.72 Å². The minimum Gasteiger partial charge on any atom is -0.477 e. The highest BCUT2D eigenvalue weighted by atomic mass is 16.5. The first kappa shape index (κ1) is 11.9. The highest BCUT2D eigenvalue weighted by Gasteiger charge is 2.15. The standard InChI is InChI=1S/C13H17NO3/c1-16-13(15)11-6-7-12(14-8-11)17-9-10-4-2-3-5-10/h6-8,10H,2-5,9H2,1H3. The van der Waals surface area contributed by atoms with Crippen LogP contribution in [0.2, 0.25) is 0 Å². The number of carbonyl (C=O) groups excluding carboxylic acids is 1. The molecule has 1 aromatic rings. The summed E-state index contributed by atoms with van der Waals surface area (Å²) < 4.78 is 10.2. The number of rotatable bonds is 4. The molecule has 0 atom stereocenters. The zero-order valence-corrected chi connectivity index (χ0v) is 10.0. The number of pyridine rings is 1. The summed E-state index contributed by atoms with van der Waals surface area (Å²) in [4.78, 5) is 15.3. The minimum absolute atomic E-state index is 0.375. The number of nitrogens with zero attached hydrogens (tertiary/aromatic N) is 1. The third kappa shape index (κ3) is 3.19. The van der Waals surface area contributed by atoms with Crippen LogP contribution >= 0.6 is 0 Å². The van der Waals surface area contributed by atoms with E-state index >= 15 is 0 Å². The van der Waals surface area contributed by atoms with Gasteiger partial charge in [0.1, 0.15) is 0 Å². The predicted octanol–water partition coefficient (Wildman–Crippen LogP) is 2.44. The van der Waals surface area contributed by atoms with Crippen molar-refractivity contribution < 1.29 is 14.3 Å². The van der Waals surface area contributed by atoms with Gasteiger partial charge in [0.2, 0.25) is 5.88 Å². The van der Waals surface area contributed by atoms with Crippen LogP contribution in [0.15, 0.2) is 18.3 Å². The Hall–Kier alpha value is -1.58. The monoisotopic (exact) mass is 235 g/mol. The maximum absolute atomic E-state index is 11.2. The van der Waals surface area contributed by atoms with E-state index in [1.807, 2.05) is 0 Å². The van der Waals surface area contributed by atoms with Gasteiger partial charge in [0.05, 0.1) is 19.3 Å². The van der Waals surface area contributed by atoms with E-state index in [-0.39, 0.29) is 5.97 Å². The maximum atomic E-state index is 11.2. The van der Waals surface area contributed by atoms with E-state index in [0.29, 0.717) is 17.4 Å². The Morgan fingerprint density at radius 2 is 2.18 bits per heavy atom. The fourth-order valence-corrected chi connectivity index (χ4v) is 2.08. The first-order valence-electron chi connectivity index (χ1n) is 5.97. The minimum atomic E-state index is -0.375. The van der Waals surface area contributed by atoms with Crippen LogP contribution in [0, 0.1) is 5.92 Å². The molecule has 0 spiro atoms. The molecule has 0 N–H and O–H groups in total. The van der Waals surface area contributed by atoms with Gasteiger partial charge in [0.25, 0.3) is 0 Å². The Balaban J connectivity index is 1.87. The molecule has 4 heteroatoms. The molecule has 1 aromatic heterocycles. The summed E-state index contributed by atoms with van der Waals surface area (Å²) in [6.07, 6.45) is 6.60. The van der Waals surface area contributed by atoms with Crippen LogP contribution in [0.3, 0.4) is 0 Å². The second-order valence-electron chi connectivity index (χ2n) is 4.34. The Morgan fingerprint density at radius 1 is 1.41 bits per heavy atom. The summed E-state index contributed by atoms with van der Waals surface area (Å²) in [6.45, 7) is 0.727. The quantitative estimate of drug-likeness (QED) is 0.752. The van der Waals surface area contributed by atoms with E-state index in [9.17, 15) is 4.79 Å². The van der Waals surface area contributed by atoms with Crippen molar-refractivity contribution in [2.75, 3.05) is 13.7 Å². The lowest BCUT2D eigenvalue weighted by Gasteiger charge is -2.10. The van der Waals surface area contributed by atoms with E-state index in [1.54, 1.807) is 12.1 Å². The number of aromatic nitrogens is 1. The molecule has 0 aliphatic heterocycles. The first-order valence-corrected chi connectivity index (χ1v) is 5.97. The van der Waals surface area contributed by atoms with E-state index in [4.69, 9.17) is 4.74 Å². The molecular weight excluding hydrogens is 218 g/mol. The van der Waals surface area contributed by atoms with Crippen molar-refractivity contribution in [1.82, 2.24) is 4.98 Å². The second-order valence-corrected chi connectivity index (χ2v) is 4.34. The predicted molar refractivity (Wildman–Crippen MR) is 63.0 cm³/mol. The van der Waals surface area contributed by atoms with Crippen LogP contribution in [0.1, 0.15) is 36.0 Å². The van der Waals surface area contributed by atoms with E-state index in [1.165, 1.54) is 39.0 Å². The summed E-state index contributed by atoms with van der Waals surface area (Å²) in [6, 6.07) is 3.38. The average molecular weight is 235 g/mol. The van der Waals surface area contributed by atoms with Gasteiger partial charge in [-0.3, -0.25) is 0 Å². The van der Waals surface area contributed by atoms with Gasteiger partial charge in [-0.1, -0.05) is 12.8 Å². The summed E-state index contributed by atoms with van der Waals surface area (Å²) in [5, 5.41) is 0. The number of methoxy groups -OCH3 is 1. The first-order chi connectivity index (χ1) is 8.29. The van der Waals surface area contributed by atoms with Crippen molar-refractivity contribution in [2.45, 2.75) is 25.7 Å². The third-order valence-electron chi connectivity index (χ3n) is 3.10. The SMILES string of the molecule is COC(=O)c1ccc(OCC2CCCC2)nc1. The number of esters is 1. The van der Waals surface area contributed by atoms with Crippen molar-refractivity contribution in [3.63, 3.8) is 0 Å². The van der Waals surface area contributed by atoms with Gasteiger partial charge in [0, 0.05) is 12.3 Å². The summed E-state index contributed by atoms with van der Waals surface area (Å²) >= 11 is 0. The summed E-state index contributed by atoms with van der Waals surface area (Å²) in [5.41, 5.74) is 0.445. The summed E-state index contributed by atoms with van der Waals surface area (Å²) in [5.74, 6) is 0.862. The van der Waals surface area contributed by atoms with Crippen LogP contribution < -0.4 is 4.74 Å². The smallest absolute Gasteiger partial charge is 0.339 e. The van der Waals surface area contributed by atoms with Crippen molar-refractivity contribution in [1.29, 1.82) is 0 Å². The van der Waals surface area contributed by atoms with Crippen LogP contribution in [0.25, 0.3) is 0 Å². The molecule has 0 radical (unpaired) electrons. The van der Waals surface area contributed by atoms with Gasteiger partial charge in [-0.2, -0.15) is 0 Å². The molecule has 1 heterocycles. The second kappa shape index (κ2) is 5.66. The molecular formula is C13H17NO3. The lowest BCUT2D eigenvalue weighted by atomic mass is 10.1. The van der Waals surface area contributed by atoms with Crippen molar-refractivity contribution in [2.24, 2.45) is 5.92 Å². The molecule has 1 aliphatic rings. The Labute approximate surface area is 101 Å². The molecule has 0 aromatic carbocycles. The number of ether oxygens (including phenoxy) is 2.